The fourth-order valence-electron chi connectivity index (χ4n) is 2.13. The van der Waals surface area contributed by atoms with Crippen LogP contribution in [-0.4, -0.2) is 6.61 Å². The first kappa shape index (κ1) is 14.9. The van der Waals surface area contributed by atoms with Gasteiger partial charge in [0.05, 0.1) is 18.3 Å². The summed E-state index contributed by atoms with van der Waals surface area (Å²) in [5.41, 5.74) is 1.08. The zero-order chi connectivity index (χ0) is 14.4. The molecule has 0 aliphatic heterocycles. The fraction of sp³-hybridized carbons (Fsp3) is 0.412. The molecule has 1 heterocycles. The number of para-hydroxylation sites is 2. The summed E-state index contributed by atoms with van der Waals surface area (Å²) in [6.45, 7) is 7.36. The summed E-state index contributed by atoms with van der Waals surface area (Å²) in [5, 5.41) is 5.77. The van der Waals surface area contributed by atoms with Crippen LogP contribution >= 0.6 is 11.3 Å². The molecule has 0 radical (unpaired) electrons. The Bertz CT molecular complexity index is 507. The van der Waals surface area contributed by atoms with E-state index in [1.165, 1.54) is 4.88 Å². The highest BCUT2D eigenvalue weighted by molar-refractivity contribution is 7.10. The van der Waals surface area contributed by atoms with Crippen molar-refractivity contribution in [2.24, 2.45) is 5.92 Å². The Morgan fingerprint density at radius 3 is 2.60 bits per heavy atom. The van der Waals surface area contributed by atoms with Crippen molar-refractivity contribution >= 4 is 17.0 Å². The van der Waals surface area contributed by atoms with E-state index in [9.17, 15) is 0 Å². The van der Waals surface area contributed by atoms with Gasteiger partial charge in [0.25, 0.3) is 0 Å². The van der Waals surface area contributed by atoms with E-state index in [-0.39, 0.29) is 0 Å². The standard InChI is InChI=1S/C17H23NOS/c1-4-11-19-15-9-6-5-8-14(15)18-17(13(2)3)16-10-7-12-20-16/h5-10,12-13,17-18H,4,11H2,1-3H3. The minimum Gasteiger partial charge on any atom is -0.491 e. The molecule has 1 atom stereocenters. The molecule has 0 aliphatic rings. The molecular formula is C17H23NOS. The number of thiophene rings is 1. The number of rotatable bonds is 7. The fourth-order valence-corrected chi connectivity index (χ4v) is 3.07. The van der Waals surface area contributed by atoms with E-state index >= 15 is 0 Å². The lowest BCUT2D eigenvalue weighted by atomic mass is 10.0. The van der Waals surface area contributed by atoms with Gasteiger partial charge in [0.15, 0.2) is 0 Å². The van der Waals surface area contributed by atoms with Crippen molar-refractivity contribution in [2.45, 2.75) is 33.2 Å². The molecule has 20 heavy (non-hydrogen) atoms. The Labute approximate surface area is 125 Å². The van der Waals surface area contributed by atoms with E-state index in [1.807, 2.05) is 18.2 Å². The number of nitrogens with one attached hydrogen (secondary N) is 1. The van der Waals surface area contributed by atoms with E-state index in [2.05, 4.69) is 49.7 Å². The van der Waals surface area contributed by atoms with Gasteiger partial charge in [0, 0.05) is 4.88 Å². The second-order valence-electron chi connectivity index (χ2n) is 5.23. The largest absolute Gasteiger partial charge is 0.491 e. The first-order chi connectivity index (χ1) is 9.72. The minimum atomic E-state index is 0.321. The van der Waals surface area contributed by atoms with Gasteiger partial charge >= 0.3 is 0 Å². The molecule has 1 unspecified atom stereocenters. The lowest BCUT2D eigenvalue weighted by Crippen LogP contribution is -2.16. The topological polar surface area (TPSA) is 21.3 Å². The minimum absolute atomic E-state index is 0.321. The molecule has 1 aromatic heterocycles. The van der Waals surface area contributed by atoms with Gasteiger partial charge in [0.2, 0.25) is 0 Å². The van der Waals surface area contributed by atoms with E-state index < -0.39 is 0 Å². The third-order valence-electron chi connectivity index (χ3n) is 3.18. The smallest absolute Gasteiger partial charge is 0.142 e. The number of anilines is 1. The summed E-state index contributed by atoms with van der Waals surface area (Å²) in [6.07, 6.45) is 1.02. The normalized spacial score (nSPS) is 12.4. The highest BCUT2D eigenvalue weighted by Crippen LogP contribution is 2.33. The van der Waals surface area contributed by atoms with Gasteiger partial charge in [-0.2, -0.15) is 0 Å². The number of ether oxygens (including phenoxy) is 1. The van der Waals surface area contributed by atoms with Crippen molar-refractivity contribution in [2.75, 3.05) is 11.9 Å². The summed E-state index contributed by atoms with van der Waals surface area (Å²) in [6, 6.07) is 12.8. The Kier molecular flexibility index (Phi) is 5.48. The Hall–Kier alpha value is -1.48. The molecule has 0 saturated carbocycles. The van der Waals surface area contributed by atoms with Crippen molar-refractivity contribution in [3.8, 4) is 5.75 Å². The van der Waals surface area contributed by atoms with Crippen molar-refractivity contribution in [3.05, 3.63) is 46.7 Å². The third kappa shape index (κ3) is 3.76. The molecule has 0 spiro atoms. The zero-order valence-electron chi connectivity index (χ0n) is 12.4. The molecule has 0 fully saturated rings. The third-order valence-corrected chi connectivity index (χ3v) is 4.13. The van der Waals surface area contributed by atoms with Gasteiger partial charge in [-0.1, -0.05) is 39.0 Å². The quantitative estimate of drug-likeness (QED) is 0.742. The predicted octanol–water partition coefficient (Wildman–Crippen LogP) is 5.35. The highest BCUT2D eigenvalue weighted by Gasteiger charge is 2.18. The van der Waals surface area contributed by atoms with Crippen LogP contribution in [0, 0.1) is 5.92 Å². The number of hydrogen-bond donors (Lipinski definition) is 1. The van der Waals surface area contributed by atoms with Crippen LogP contribution in [-0.2, 0) is 0 Å². The van der Waals surface area contributed by atoms with Gasteiger partial charge in [-0.05, 0) is 35.9 Å². The highest BCUT2D eigenvalue weighted by atomic mass is 32.1. The van der Waals surface area contributed by atoms with Gasteiger partial charge in [-0.15, -0.1) is 11.3 Å². The van der Waals surface area contributed by atoms with Crippen LogP contribution in [0.2, 0.25) is 0 Å². The van der Waals surface area contributed by atoms with E-state index in [0.717, 1.165) is 24.5 Å². The second kappa shape index (κ2) is 7.34. The average molecular weight is 289 g/mol. The molecule has 108 valence electrons. The maximum Gasteiger partial charge on any atom is 0.142 e. The summed E-state index contributed by atoms with van der Waals surface area (Å²) >= 11 is 1.80. The lowest BCUT2D eigenvalue weighted by Gasteiger charge is -2.24. The van der Waals surface area contributed by atoms with Crippen LogP contribution in [0.4, 0.5) is 5.69 Å². The molecule has 1 N–H and O–H groups in total. The SMILES string of the molecule is CCCOc1ccccc1NC(c1cccs1)C(C)C. The first-order valence-electron chi connectivity index (χ1n) is 7.24. The van der Waals surface area contributed by atoms with E-state index in [0.29, 0.717) is 12.0 Å². The molecular weight excluding hydrogens is 266 g/mol. The lowest BCUT2D eigenvalue weighted by molar-refractivity contribution is 0.318. The summed E-state index contributed by atoms with van der Waals surface area (Å²) in [7, 11) is 0. The van der Waals surface area contributed by atoms with Crippen molar-refractivity contribution in [3.63, 3.8) is 0 Å². The van der Waals surface area contributed by atoms with Crippen LogP contribution in [0.15, 0.2) is 41.8 Å². The van der Waals surface area contributed by atoms with Gasteiger partial charge in [-0.25, -0.2) is 0 Å². The monoisotopic (exact) mass is 289 g/mol. The van der Waals surface area contributed by atoms with E-state index in [4.69, 9.17) is 4.74 Å². The maximum absolute atomic E-state index is 5.83. The molecule has 2 aromatic rings. The van der Waals surface area contributed by atoms with Crippen molar-refractivity contribution in [1.29, 1.82) is 0 Å². The van der Waals surface area contributed by atoms with Gasteiger partial charge in [-0.3, -0.25) is 0 Å². The molecule has 1 aromatic carbocycles. The summed E-state index contributed by atoms with van der Waals surface area (Å²) < 4.78 is 5.83. The number of benzene rings is 1. The Balaban J connectivity index is 2.18. The van der Waals surface area contributed by atoms with Gasteiger partial charge < -0.3 is 10.1 Å². The Morgan fingerprint density at radius 2 is 1.95 bits per heavy atom. The molecule has 0 saturated heterocycles. The summed E-state index contributed by atoms with van der Waals surface area (Å²) in [5.74, 6) is 1.46. The van der Waals surface area contributed by atoms with Crippen LogP contribution in [0.1, 0.15) is 38.1 Å². The molecule has 2 rings (SSSR count). The van der Waals surface area contributed by atoms with Gasteiger partial charge in [0.1, 0.15) is 5.75 Å². The predicted molar refractivity (Wildman–Crippen MR) is 87.7 cm³/mol. The first-order valence-corrected chi connectivity index (χ1v) is 8.12. The van der Waals surface area contributed by atoms with Crippen LogP contribution in [0.25, 0.3) is 0 Å². The zero-order valence-corrected chi connectivity index (χ0v) is 13.2. The van der Waals surface area contributed by atoms with Crippen molar-refractivity contribution in [1.82, 2.24) is 0 Å². The maximum atomic E-state index is 5.83. The second-order valence-corrected chi connectivity index (χ2v) is 6.21. The molecule has 0 amide bonds. The van der Waals surface area contributed by atoms with Crippen molar-refractivity contribution < 1.29 is 4.74 Å². The molecule has 2 nitrogen and oxygen atoms in total. The van der Waals surface area contributed by atoms with Crippen LogP contribution in [0.3, 0.4) is 0 Å². The van der Waals surface area contributed by atoms with E-state index in [1.54, 1.807) is 11.3 Å². The van der Waals surface area contributed by atoms with Crippen LogP contribution < -0.4 is 10.1 Å². The molecule has 0 bridgehead atoms. The average Bonchev–Trinajstić information content (AvgIpc) is 2.97. The summed E-state index contributed by atoms with van der Waals surface area (Å²) in [4.78, 5) is 1.37. The molecule has 3 heteroatoms. The van der Waals surface area contributed by atoms with Crippen LogP contribution in [0.5, 0.6) is 5.75 Å². The number of hydrogen-bond acceptors (Lipinski definition) is 3. The Morgan fingerprint density at radius 1 is 1.15 bits per heavy atom. The molecule has 0 aliphatic carbocycles.